The van der Waals surface area contributed by atoms with Crippen LogP contribution >= 0.6 is 0 Å². The van der Waals surface area contributed by atoms with Crippen LogP contribution in [0.4, 0.5) is 0 Å². The van der Waals surface area contributed by atoms with E-state index in [2.05, 4.69) is 6.92 Å². The third-order valence-corrected chi connectivity index (χ3v) is 2.79. The Balaban J connectivity index is 2.36. The molecule has 2 heteroatoms. The predicted octanol–water partition coefficient (Wildman–Crippen LogP) is 2.29. The first-order valence-electron chi connectivity index (χ1n) is 5.44. The molecule has 1 rings (SSSR count). The molecule has 1 aliphatic heterocycles. The molecule has 13 heavy (non-hydrogen) atoms. The Morgan fingerprint density at radius 2 is 2.23 bits per heavy atom. The fourth-order valence-corrected chi connectivity index (χ4v) is 2.04. The second-order valence-electron chi connectivity index (χ2n) is 4.38. The molecule has 1 heterocycles. The molecule has 0 spiro atoms. The van der Waals surface area contributed by atoms with Gasteiger partial charge in [0.2, 0.25) is 5.91 Å². The summed E-state index contributed by atoms with van der Waals surface area (Å²) in [6.45, 7) is 8.17. The monoisotopic (exact) mass is 183 g/mol. The van der Waals surface area contributed by atoms with Crippen LogP contribution in [0.1, 0.15) is 40.0 Å². The van der Waals surface area contributed by atoms with E-state index >= 15 is 0 Å². The van der Waals surface area contributed by atoms with E-state index in [9.17, 15) is 4.79 Å². The largest absolute Gasteiger partial charge is 0.342 e. The molecular formula is C11H21NO. The molecule has 1 saturated heterocycles. The van der Waals surface area contributed by atoms with Gasteiger partial charge in [-0.1, -0.05) is 27.2 Å². The molecule has 0 saturated carbocycles. The van der Waals surface area contributed by atoms with Crippen LogP contribution in [0, 0.1) is 11.8 Å². The van der Waals surface area contributed by atoms with Crippen LogP contribution in [0.5, 0.6) is 0 Å². The minimum Gasteiger partial charge on any atom is -0.342 e. The summed E-state index contributed by atoms with van der Waals surface area (Å²) in [6, 6.07) is 0. The lowest BCUT2D eigenvalue weighted by Gasteiger charge is -2.18. The van der Waals surface area contributed by atoms with Crippen LogP contribution in [0.25, 0.3) is 0 Å². The Labute approximate surface area is 81.3 Å². The lowest BCUT2D eigenvalue weighted by molar-refractivity contribution is -0.133. The van der Waals surface area contributed by atoms with Gasteiger partial charge in [-0.25, -0.2) is 0 Å². The van der Waals surface area contributed by atoms with Gasteiger partial charge < -0.3 is 4.90 Å². The van der Waals surface area contributed by atoms with Crippen LogP contribution in [-0.2, 0) is 4.79 Å². The second-order valence-corrected chi connectivity index (χ2v) is 4.38. The second kappa shape index (κ2) is 4.64. The van der Waals surface area contributed by atoms with E-state index in [1.54, 1.807) is 0 Å². The van der Waals surface area contributed by atoms with Crippen molar-refractivity contribution in [1.82, 2.24) is 4.90 Å². The molecule has 1 atom stereocenters. The molecule has 1 unspecified atom stereocenters. The quantitative estimate of drug-likeness (QED) is 0.657. The maximum absolute atomic E-state index is 11.6. The Hall–Kier alpha value is -0.530. The highest BCUT2D eigenvalue weighted by atomic mass is 16.2. The average Bonchev–Trinajstić information content (AvgIpc) is 2.52. The summed E-state index contributed by atoms with van der Waals surface area (Å²) >= 11 is 0. The van der Waals surface area contributed by atoms with Gasteiger partial charge >= 0.3 is 0 Å². The van der Waals surface area contributed by atoms with Crippen molar-refractivity contribution >= 4 is 5.91 Å². The lowest BCUT2D eigenvalue weighted by Crippen LogP contribution is -2.32. The molecule has 0 aromatic carbocycles. The molecule has 0 aromatic heterocycles. The number of carbonyl (C=O) groups is 1. The molecule has 1 aliphatic rings. The summed E-state index contributed by atoms with van der Waals surface area (Å²) in [5.74, 6) is 1.27. The van der Waals surface area contributed by atoms with E-state index in [0.29, 0.717) is 5.91 Å². The lowest BCUT2D eigenvalue weighted by atomic mass is 10.0. The SMILES string of the molecule is CCCC1CCN(C(=O)C(C)C)C1. The summed E-state index contributed by atoms with van der Waals surface area (Å²) in [4.78, 5) is 13.7. The smallest absolute Gasteiger partial charge is 0.225 e. The molecule has 0 radical (unpaired) electrons. The van der Waals surface area contributed by atoms with Gasteiger partial charge in [-0.2, -0.15) is 0 Å². The molecule has 0 aromatic rings. The van der Waals surface area contributed by atoms with Gasteiger partial charge in [0.15, 0.2) is 0 Å². The van der Waals surface area contributed by atoms with Crippen LogP contribution in [0.2, 0.25) is 0 Å². The van der Waals surface area contributed by atoms with Gasteiger partial charge in [-0.15, -0.1) is 0 Å². The molecule has 1 amide bonds. The maximum Gasteiger partial charge on any atom is 0.225 e. The van der Waals surface area contributed by atoms with Crippen LogP contribution in [0.15, 0.2) is 0 Å². The fraction of sp³-hybridized carbons (Fsp3) is 0.909. The molecule has 1 fully saturated rings. The van der Waals surface area contributed by atoms with E-state index < -0.39 is 0 Å². The number of nitrogens with zero attached hydrogens (tertiary/aromatic N) is 1. The van der Waals surface area contributed by atoms with Crippen molar-refractivity contribution in [2.45, 2.75) is 40.0 Å². The minimum atomic E-state index is 0.167. The Kier molecular flexibility index (Phi) is 3.76. The zero-order valence-electron chi connectivity index (χ0n) is 9.05. The van der Waals surface area contributed by atoms with Crippen LogP contribution < -0.4 is 0 Å². The number of likely N-dealkylation sites (tertiary alicyclic amines) is 1. The number of carbonyl (C=O) groups excluding carboxylic acids is 1. The summed E-state index contributed by atoms with van der Waals surface area (Å²) in [5.41, 5.74) is 0. The summed E-state index contributed by atoms with van der Waals surface area (Å²) in [6.07, 6.45) is 3.74. The van der Waals surface area contributed by atoms with E-state index in [4.69, 9.17) is 0 Å². The minimum absolute atomic E-state index is 0.167. The van der Waals surface area contributed by atoms with Crippen LogP contribution in [-0.4, -0.2) is 23.9 Å². The maximum atomic E-state index is 11.6. The van der Waals surface area contributed by atoms with Crippen molar-refractivity contribution in [2.24, 2.45) is 11.8 Å². The molecular weight excluding hydrogens is 162 g/mol. The first-order chi connectivity index (χ1) is 6.15. The molecule has 0 bridgehead atoms. The van der Waals surface area contributed by atoms with Gasteiger partial charge in [0, 0.05) is 19.0 Å². The summed E-state index contributed by atoms with van der Waals surface area (Å²) < 4.78 is 0. The van der Waals surface area contributed by atoms with Crippen molar-refractivity contribution in [3.8, 4) is 0 Å². The number of amides is 1. The number of hydrogen-bond donors (Lipinski definition) is 0. The van der Waals surface area contributed by atoms with Crippen molar-refractivity contribution < 1.29 is 4.79 Å². The first kappa shape index (κ1) is 10.6. The highest BCUT2D eigenvalue weighted by molar-refractivity contribution is 5.78. The van der Waals surface area contributed by atoms with Gasteiger partial charge in [0.25, 0.3) is 0 Å². The van der Waals surface area contributed by atoms with Gasteiger partial charge in [-0.05, 0) is 18.8 Å². The first-order valence-corrected chi connectivity index (χ1v) is 5.44. The van der Waals surface area contributed by atoms with Crippen LogP contribution in [0.3, 0.4) is 0 Å². The van der Waals surface area contributed by atoms with E-state index in [0.717, 1.165) is 19.0 Å². The van der Waals surface area contributed by atoms with Crippen molar-refractivity contribution in [1.29, 1.82) is 0 Å². The standard InChI is InChI=1S/C11H21NO/c1-4-5-10-6-7-12(8-10)11(13)9(2)3/h9-10H,4-8H2,1-3H3. The Morgan fingerprint density at radius 3 is 2.77 bits per heavy atom. The highest BCUT2D eigenvalue weighted by Gasteiger charge is 2.26. The van der Waals surface area contributed by atoms with E-state index in [1.807, 2.05) is 18.7 Å². The Bertz CT molecular complexity index is 177. The molecule has 0 N–H and O–H groups in total. The number of hydrogen-bond acceptors (Lipinski definition) is 1. The van der Waals surface area contributed by atoms with Gasteiger partial charge in [-0.3, -0.25) is 4.79 Å². The predicted molar refractivity (Wildman–Crippen MR) is 54.4 cm³/mol. The normalized spacial score (nSPS) is 22.8. The molecule has 76 valence electrons. The molecule has 2 nitrogen and oxygen atoms in total. The fourth-order valence-electron chi connectivity index (χ4n) is 2.04. The Morgan fingerprint density at radius 1 is 1.54 bits per heavy atom. The summed E-state index contributed by atoms with van der Waals surface area (Å²) in [7, 11) is 0. The third-order valence-electron chi connectivity index (χ3n) is 2.79. The zero-order valence-corrected chi connectivity index (χ0v) is 9.05. The highest BCUT2D eigenvalue weighted by Crippen LogP contribution is 2.21. The van der Waals surface area contributed by atoms with Crippen molar-refractivity contribution in [3.63, 3.8) is 0 Å². The third kappa shape index (κ3) is 2.71. The van der Waals surface area contributed by atoms with Crippen molar-refractivity contribution in [2.75, 3.05) is 13.1 Å². The molecule has 0 aliphatic carbocycles. The number of rotatable bonds is 3. The topological polar surface area (TPSA) is 20.3 Å². The van der Waals surface area contributed by atoms with Gasteiger partial charge in [0.05, 0.1) is 0 Å². The van der Waals surface area contributed by atoms with E-state index in [1.165, 1.54) is 19.3 Å². The van der Waals surface area contributed by atoms with E-state index in [-0.39, 0.29) is 5.92 Å². The zero-order chi connectivity index (χ0) is 9.84. The van der Waals surface area contributed by atoms with Crippen molar-refractivity contribution in [3.05, 3.63) is 0 Å². The van der Waals surface area contributed by atoms with Gasteiger partial charge in [0.1, 0.15) is 0 Å². The summed E-state index contributed by atoms with van der Waals surface area (Å²) in [5, 5.41) is 0. The average molecular weight is 183 g/mol.